The fraction of sp³-hybridized carbons (Fsp3) is 0.562. The van der Waals surface area contributed by atoms with E-state index in [1.54, 1.807) is 6.92 Å². The lowest BCUT2D eigenvalue weighted by molar-refractivity contribution is -0.141. The Morgan fingerprint density at radius 2 is 1.89 bits per heavy atom. The normalized spacial score (nSPS) is 12.7. The smallest absolute Gasteiger partial charge is 0.306 e. The molecule has 0 aliphatic rings. The fourth-order valence-corrected chi connectivity index (χ4v) is 2.09. The Kier molecular flexibility index (Phi) is 5.55. The Bertz CT molecular complexity index is 454. The lowest BCUT2D eigenvalue weighted by atomic mass is 9.98. The average Bonchev–Trinajstić information content (AvgIpc) is 2.36. The van der Waals surface area contributed by atoms with Crippen LogP contribution < -0.4 is 0 Å². The SMILES string of the molecule is Cc1ccc(CN(C)CCC(C)C(=O)O)c(C)c1C. The molecule has 0 radical (unpaired) electrons. The van der Waals surface area contributed by atoms with Crippen LogP contribution in [0.5, 0.6) is 0 Å². The number of rotatable bonds is 6. The molecule has 3 heteroatoms. The second-order valence-corrected chi connectivity index (χ2v) is 5.56. The zero-order chi connectivity index (χ0) is 14.6. The van der Waals surface area contributed by atoms with Crippen LogP contribution in [0.4, 0.5) is 0 Å². The molecule has 106 valence electrons. The highest BCUT2D eigenvalue weighted by Gasteiger charge is 2.12. The maximum atomic E-state index is 10.8. The number of aryl methyl sites for hydroxylation is 1. The summed E-state index contributed by atoms with van der Waals surface area (Å²) in [6.45, 7) is 9.88. The van der Waals surface area contributed by atoms with E-state index in [0.717, 1.165) is 13.1 Å². The number of nitrogens with zero attached hydrogens (tertiary/aromatic N) is 1. The molecule has 0 amide bonds. The summed E-state index contributed by atoms with van der Waals surface area (Å²) in [5.74, 6) is -0.987. The molecule has 1 N–H and O–H groups in total. The van der Waals surface area contributed by atoms with Gasteiger partial charge in [0.15, 0.2) is 0 Å². The number of benzene rings is 1. The van der Waals surface area contributed by atoms with Crippen LogP contribution in [0.2, 0.25) is 0 Å². The number of hydrogen-bond donors (Lipinski definition) is 1. The number of aliphatic carboxylic acids is 1. The van der Waals surface area contributed by atoms with E-state index in [1.807, 2.05) is 7.05 Å². The molecule has 0 heterocycles. The van der Waals surface area contributed by atoms with Gasteiger partial charge in [-0.2, -0.15) is 0 Å². The third-order valence-corrected chi connectivity index (χ3v) is 3.98. The van der Waals surface area contributed by atoms with Crippen molar-refractivity contribution < 1.29 is 9.90 Å². The van der Waals surface area contributed by atoms with E-state index in [2.05, 4.69) is 37.8 Å². The molecule has 1 atom stereocenters. The Labute approximate surface area is 116 Å². The molecule has 19 heavy (non-hydrogen) atoms. The lowest BCUT2D eigenvalue weighted by Crippen LogP contribution is -2.23. The van der Waals surface area contributed by atoms with Gasteiger partial charge in [0.05, 0.1) is 5.92 Å². The first-order chi connectivity index (χ1) is 8.82. The summed E-state index contributed by atoms with van der Waals surface area (Å²) in [7, 11) is 2.04. The molecule has 1 rings (SSSR count). The fourth-order valence-electron chi connectivity index (χ4n) is 2.09. The Morgan fingerprint density at radius 3 is 2.47 bits per heavy atom. The third-order valence-electron chi connectivity index (χ3n) is 3.98. The van der Waals surface area contributed by atoms with Crippen molar-refractivity contribution in [1.29, 1.82) is 0 Å². The van der Waals surface area contributed by atoms with Crippen molar-refractivity contribution in [3.05, 3.63) is 34.4 Å². The highest BCUT2D eigenvalue weighted by atomic mass is 16.4. The predicted octanol–water partition coefficient (Wildman–Crippen LogP) is 3.15. The predicted molar refractivity (Wildman–Crippen MR) is 78.4 cm³/mol. The quantitative estimate of drug-likeness (QED) is 0.857. The van der Waals surface area contributed by atoms with Gasteiger partial charge in [0.2, 0.25) is 0 Å². The first kappa shape index (κ1) is 15.7. The number of carboxylic acids is 1. The van der Waals surface area contributed by atoms with Gasteiger partial charge >= 0.3 is 5.97 Å². The van der Waals surface area contributed by atoms with Gasteiger partial charge in [-0.25, -0.2) is 0 Å². The van der Waals surface area contributed by atoms with Gasteiger partial charge in [-0.05, 0) is 63.0 Å². The first-order valence-corrected chi connectivity index (χ1v) is 6.80. The largest absolute Gasteiger partial charge is 0.481 e. The second kappa shape index (κ2) is 6.71. The van der Waals surface area contributed by atoms with Crippen LogP contribution in [0.3, 0.4) is 0 Å². The minimum atomic E-state index is -0.712. The van der Waals surface area contributed by atoms with Gasteiger partial charge < -0.3 is 10.0 Å². The molecule has 3 nitrogen and oxygen atoms in total. The number of carbonyl (C=O) groups is 1. The van der Waals surface area contributed by atoms with E-state index in [0.29, 0.717) is 6.42 Å². The molecular formula is C16H25NO2. The van der Waals surface area contributed by atoms with Crippen LogP contribution in [-0.4, -0.2) is 29.6 Å². The molecule has 1 aromatic rings. The van der Waals surface area contributed by atoms with Crippen LogP contribution in [-0.2, 0) is 11.3 Å². The van der Waals surface area contributed by atoms with Crippen molar-refractivity contribution >= 4 is 5.97 Å². The molecule has 0 saturated heterocycles. The summed E-state index contributed by atoms with van der Waals surface area (Å²) in [6, 6.07) is 4.33. The van der Waals surface area contributed by atoms with Gasteiger partial charge in [-0.15, -0.1) is 0 Å². The third kappa shape index (κ3) is 4.35. The van der Waals surface area contributed by atoms with E-state index < -0.39 is 5.97 Å². The van der Waals surface area contributed by atoms with Gasteiger partial charge in [0.25, 0.3) is 0 Å². The van der Waals surface area contributed by atoms with E-state index in [4.69, 9.17) is 5.11 Å². The van der Waals surface area contributed by atoms with E-state index >= 15 is 0 Å². The molecule has 0 aliphatic carbocycles. The average molecular weight is 263 g/mol. The number of hydrogen-bond acceptors (Lipinski definition) is 2. The summed E-state index contributed by atoms with van der Waals surface area (Å²) in [6.07, 6.45) is 0.690. The molecule has 0 aliphatic heterocycles. The maximum Gasteiger partial charge on any atom is 0.306 e. The summed E-state index contributed by atoms with van der Waals surface area (Å²) in [5, 5.41) is 8.88. The first-order valence-electron chi connectivity index (χ1n) is 6.80. The van der Waals surface area contributed by atoms with Gasteiger partial charge in [0.1, 0.15) is 0 Å². The minimum Gasteiger partial charge on any atom is -0.481 e. The molecular weight excluding hydrogens is 238 g/mol. The minimum absolute atomic E-state index is 0.275. The van der Waals surface area contributed by atoms with Crippen LogP contribution in [0.15, 0.2) is 12.1 Å². The Morgan fingerprint density at radius 1 is 1.26 bits per heavy atom. The van der Waals surface area contributed by atoms with Crippen molar-refractivity contribution in [3.8, 4) is 0 Å². The summed E-state index contributed by atoms with van der Waals surface area (Å²) >= 11 is 0. The summed E-state index contributed by atoms with van der Waals surface area (Å²) in [4.78, 5) is 13.0. The van der Waals surface area contributed by atoms with Gasteiger partial charge in [-0.3, -0.25) is 4.79 Å². The van der Waals surface area contributed by atoms with E-state index in [-0.39, 0.29) is 5.92 Å². The van der Waals surface area contributed by atoms with Crippen molar-refractivity contribution in [3.63, 3.8) is 0 Å². The highest BCUT2D eigenvalue weighted by Crippen LogP contribution is 2.18. The molecule has 0 saturated carbocycles. The van der Waals surface area contributed by atoms with Crippen LogP contribution in [0.1, 0.15) is 35.6 Å². The molecule has 1 aromatic carbocycles. The van der Waals surface area contributed by atoms with E-state index in [9.17, 15) is 4.79 Å². The van der Waals surface area contributed by atoms with Crippen LogP contribution in [0, 0.1) is 26.7 Å². The van der Waals surface area contributed by atoms with Gasteiger partial charge in [0, 0.05) is 6.54 Å². The van der Waals surface area contributed by atoms with Crippen LogP contribution in [0.25, 0.3) is 0 Å². The molecule has 0 aromatic heterocycles. The summed E-state index contributed by atoms with van der Waals surface area (Å²) in [5.41, 5.74) is 5.35. The van der Waals surface area contributed by atoms with E-state index in [1.165, 1.54) is 22.3 Å². The Balaban J connectivity index is 2.60. The number of carboxylic acid groups (broad SMARTS) is 1. The van der Waals surface area contributed by atoms with Gasteiger partial charge in [-0.1, -0.05) is 19.1 Å². The highest BCUT2D eigenvalue weighted by molar-refractivity contribution is 5.69. The van der Waals surface area contributed by atoms with Crippen LogP contribution >= 0.6 is 0 Å². The molecule has 0 fully saturated rings. The van der Waals surface area contributed by atoms with Crippen molar-refractivity contribution in [2.24, 2.45) is 5.92 Å². The molecule has 1 unspecified atom stereocenters. The second-order valence-electron chi connectivity index (χ2n) is 5.56. The maximum absolute atomic E-state index is 10.8. The monoisotopic (exact) mass is 263 g/mol. The lowest BCUT2D eigenvalue weighted by Gasteiger charge is -2.20. The standard InChI is InChI=1S/C16H25NO2/c1-11-6-7-15(14(4)13(11)3)10-17(5)9-8-12(2)16(18)19/h6-7,12H,8-10H2,1-5H3,(H,18,19). The van der Waals surface area contributed by atoms with Crippen molar-refractivity contribution in [2.75, 3.05) is 13.6 Å². The summed E-state index contributed by atoms with van der Waals surface area (Å²) < 4.78 is 0. The van der Waals surface area contributed by atoms with Crippen molar-refractivity contribution in [2.45, 2.75) is 40.7 Å². The molecule has 0 bridgehead atoms. The Hall–Kier alpha value is -1.35. The molecule has 0 spiro atoms. The zero-order valence-corrected chi connectivity index (χ0v) is 12.7. The van der Waals surface area contributed by atoms with Crippen molar-refractivity contribution in [1.82, 2.24) is 4.90 Å². The topological polar surface area (TPSA) is 40.5 Å². The zero-order valence-electron chi connectivity index (χ0n) is 12.7.